The first-order chi connectivity index (χ1) is 10.2. The van der Waals surface area contributed by atoms with Gasteiger partial charge in [-0.05, 0) is 37.9 Å². The SMILES string of the molecule is CCCNC(=O)c1ccccc1NC(=O)CC1CCCN1. The Morgan fingerprint density at radius 1 is 1.33 bits per heavy atom. The molecule has 1 unspecified atom stereocenters. The maximum absolute atomic E-state index is 12.1. The number of hydrogen-bond donors (Lipinski definition) is 3. The van der Waals surface area contributed by atoms with Crippen molar-refractivity contribution in [1.82, 2.24) is 10.6 Å². The van der Waals surface area contributed by atoms with Crippen LogP contribution in [0.5, 0.6) is 0 Å². The number of anilines is 1. The maximum atomic E-state index is 12.1. The van der Waals surface area contributed by atoms with Crippen LogP contribution in [0.3, 0.4) is 0 Å². The summed E-state index contributed by atoms with van der Waals surface area (Å²) < 4.78 is 0. The van der Waals surface area contributed by atoms with Crippen LogP contribution in [0.15, 0.2) is 24.3 Å². The molecule has 5 nitrogen and oxygen atoms in total. The van der Waals surface area contributed by atoms with Gasteiger partial charge in [-0.1, -0.05) is 19.1 Å². The summed E-state index contributed by atoms with van der Waals surface area (Å²) in [6.07, 6.45) is 3.48. The van der Waals surface area contributed by atoms with E-state index in [1.807, 2.05) is 13.0 Å². The second-order valence-electron chi connectivity index (χ2n) is 5.35. The van der Waals surface area contributed by atoms with E-state index in [1.54, 1.807) is 18.2 Å². The molecule has 0 aliphatic carbocycles. The molecule has 114 valence electrons. The lowest BCUT2D eigenvalue weighted by Gasteiger charge is -2.13. The van der Waals surface area contributed by atoms with Crippen molar-refractivity contribution in [3.05, 3.63) is 29.8 Å². The molecule has 3 N–H and O–H groups in total. The smallest absolute Gasteiger partial charge is 0.253 e. The summed E-state index contributed by atoms with van der Waals surface area (Å²) in [6, 6.07) is 7.37. The molecule has 21 heavy (non-hydrogen) atoms. The fourth-order valence-corrected chi connectivity index (χ4v) is 2.48. The van der Waals surface area contributed by atoms with Crippen molar-refractivity contribution in [2.75, 3.05) is 18.4 Å². The molecule has 0 saturated carbocycles. The Labute approximate surface area is 125 Å². The average molecular weight is 289 g/mol. The molecule has 1 aliphatic rings. The van der Waals surface area contributed by atoms with Crippen LogP contribution >= 0.6 is 0 Å². The van der Waals surface area contributed by atoms with E-state index in [9.17, 15) is 9.59 Å². The second kappa shape index (κ2) is 7.78. The molecular formula is C16H23N3O2. The average Bonchev–Trinajstić information content (AvgIpc) is 2.98. The largest absolute Gasteiger partial charge is 0.352 e. The number of nitrogens with one attached hydrogen (secondary N) is 3. The molecule has 1 aromatic rings. The van der Waals surface area contributed by atoms with Crippen LogP contribution in [0, 0.1) is 0 Å². The third-order valence-electron chi connectivity index (χ3n) is 3.58. The molecular weight excluding hydrogens is 266 g/mol. The third kappa shape index (κ3) is 4.56. The zero-order valence-corrected chi connectivity index (χ0v) is 12.4. The summed E-state index contributed by atoms with van der Waals surface area (Å²) in [5.74, 6) is -0.197. The monoisotopic (exact) mass is 289 g/mol. The van der Waals surface area contributed by atoms with E-state index in [0.717, 1.165) is 25.8 Å². The predicted octanol–water partition coefficient (Wildman–Crippen LogP) is 1.91. The highest BCUT2D eigenvalue weighted by atomic mass is 16.2. The molecule has 1 saturated heterocycles. The van der Waals surface area contributed by atoms with Crippen LogP contribution in [-0.2, 0) is 4.79 Å². The topological polar surface area (TPSA) is 70.2 Å². The van der Waals surface area contributed by atoms with Crippen molar-refractivity contribution >= 4 is 17.5 Å². The van der Waals surface area contributed by atoms with Crippen molar-refractivity contribution in [2.24, 2.45) is 0 Å². The molecule has 2 rings (SSSR count). The van der Waals surface area contributed by atoms with Gasteiger partial charge >= 0.3 is 0 Å². The summed E-state index contributed by atoms with van der Waals surface area (Å²) in [7, 11) is 0. The summed E-state index contributed by atoms with van der Waals surface area (Å²) in [4.78, 5) is 24.2. The molecule has 1 heterocycles. The quantitative estimate of drug-likeness (QED) is 0.749. The second-order valence-corrected chi connectivity index (χ2v) is 5.35. The lowest BCUT2D eigenvalue weighted by Crippen LogP contribution is -2.29. The molecule has 1 fully saturated rings. The summed E-state index contributed by atoms with van der Waals surface area (Å²) in [6.45, 7) is 3.61. The first-order valence-electron chi connectivity index (χ1n) is 7.61. The number of benzene rings is 1. The molecule has 0 spiro atoms. The van der Waals surface area contributed by atoms with Crippen molar-refractivity contribution in [1.29, 1.82) is 0 Å². The highest BCUT2D eigenvalue weighted by molar-refractivity contribution is 6.03. The van der Waals surface area contributed by atoms with Gasteiger partial charge in [0.05, 0.1) is 11.3 Å². The number of carbonyl (C=O) groups is 2. The number of hydrogen-bond acceptors (Lipinski definition) is 3. The van der Waals surface area contributed by atoms with Gasteiger partial charge in [-0.3, -0.25) is 9.59 Å². The van der Waals surface area contributed by atoms with Gasteiger partial charge in [-0.25, -0.2) is 0 Å². The lowest BCUT2D eigenvalue weighted by molar-refractivity contribution is -0.116. The Morgan fingerprint density at radius 2 is 2.14 bits per heavy atom. The van der Waals surface area contributed by atoms with Gasteiger partial charge in [0.25, 0.3) is 5.91 Å². The van der Waals surface area contributed by atoms with E-state index in [1.165, 1.54) is 0 Å². The standard InChI is InChI=1S/C16H23N3O2/c1-2-9-18-16(21)13-7-3-4-8-14(13)19-15(20)11-12-6-5-10-17-12/h3-4,7-8,12,17H,2,5-6,9-11H2,1H3,(H,18,21)(H,19,20). The number of amides is 2. The summed E-state index contributed by atoms with van der Waals surface area (Å²) in [5, 5.41) is 8.99. The van der Waals surface area contributed by atoms with Crippen molar-refractivity contribution in [3.8, 4) is 0 Å². The van der Waals surface area contributed by atoms with E-state index >= 15 is 0 Å². The van der Waals surface area contributed by atoms with E-state index < -0.39 is 0 Å². The Hall–Kier alpha value is -1.88. The minimum Gasteiger partial charge on any atom is -0.352 e. The van der Waals surface area contributed by atoms with Gasteiger partial charge in [0.15, 0.2) is 0 Å². The van der Waals surface area contributed by atoms with E-state index in [0.29, 0.717) is 24.2 Å². The number of carbonyl (C=O) groups excluding carboxylic acids is 2. The summed E-state index contributed by atoms with van der Waals surface area (Å²) in [5.41, 5.74) is 1.09. The van der Waals surface area contributed by atoms with E-state index in [4.69, 9.17) is 0 Å². The molecule has 1 atom stereocenters. The van der Waals surface area contributed by atoms with Crippen molar-refractivity contribution < 1.29 is 9.59 Å². The van der Waals surface area contributed by atoms with Crippen LogP contribution in [0.2, 0.25) is 0 Å². The normalized spacial score (nSPS) is 17.5. The number of para-hydroxylation sites is 1. The molecule has 5 heteroatoms. The predicted molar refractivity (Wildman–Crippen MR) is 83.3 cm³/mol. The van der Waals surface area contributed by atoms with Crippen molar-refractivity contribution in [3.63, 3.8) is 0 Å². The molecule has 0 radical (unpaired) electrons. The van der Waals surface area contributed by atoms with Crippen molar-refractivity contribution in [2.45, 2.75) is 38.6 Å². The highest BCUT2D eigenvalue weighted by Crippen LogP contribution is 2.16. The van der Waals surface area contributed by atoms with Crippen LogP contribution < -0.4 is 16.0 Å². The minimum atomic E-state index is -0.147. The summed E-state index contributed by atoms with van der Waals surface area (Å²) >= 11 is 0. The van der Waals surface area contributed by atoms with E-state index in [2.05, 4.69) is 16.0 Å². The van der Waals surface area contributed by atoms with Gasteiger partial charge in [0.2, 0.25) is 5.91 Å². The first-order valence-corrected chi connectivity index (χ1v) is 7.61. The fourth-order valence-electron chi connectivity index (χ4n) is 2.48. The van der Waals surface area contributed by atoms with Gasteiger partial charge in [-0.15, -0.1) is 0 Å². The maximum Gasteiger partial charge on any atom is 0.253 e. The van der Waals surface area contributed by atoms with Crippen LogP contribution in [0.1, 0.15) is 43.0 Å². The molecule has 0 bridgehead atoms. The molecule has 2 amide bonds. The van der Waals surface area contributed by atoms with Crippen LogP contribution in [-0.4, -0.2) is 30.9 Å². The van der Waals surface area contributed by atoms with Crippen LogP contribution in [0.25, 0.3) is 0 Å². The van der Waals surface area contributed by atoms with Gasteiger partial charge in [-0.2, -0.15) is 0 Å². The van der Waals surface area contributed by atoms with Gasteiger partial charge in [0.1, 0.15) is 0 Å². The third-order valence-corrected chi connectivity index (χ3v) is 3.58. The molecule has 0 aromatic heterocycles. The minimum absolute atomic E-state index is 0.0508. The first kappa shape index (κ1) is 15.5. The van der Waals surface area contributed by atoms with E-state index in [-0.39, 0.29) is 17.9 Å². The Bertz CT molecular complexity index is 496. The fraction of sp³-hybridized carbons (Fsp3) is 0.500. The Morgan fingerprint density at radius 3 is 2.86 bits per heavy atom. The zero-order valence-electron chi connectivity index (χ0n) is 12.4. The zero-order chi connectivity index (χ0) is 15.1. The Balaban J connectivity index is 1.98. The molecule has 1 aromatic carbocycles. The van der Waals surface area contributed by atoms with Gasteiger partial charge < -0.3 is 16.0 Å². The highest BCUT2D eigenvalue weighted by Gasteiger charge is 2.19. The lowest BCUT2D eigenvalue weighted by atomic mass is 10.1. The number of rotatable bonds is 6. The Kier molecular flexibility index (Phi) is 5.75. The van der Waals surface area contributed by atoms with Crippen LogP contribution in [0.4, 0.5) is 5.69 Å². The van der Waals surface area contributed by atoms with Gasteiger partial charge in [0, 0.05) is 19.0 Å². The molecule has 1 aliphatic heterocycles.